The summed E-state index contributed by atoms with van der Waals surface area (Å²) in [6.45, 7) is -1.19. The number of benzene rings is 2. The molecule has 0 radical (unpaired) electrons. The molecule has 2 rings (SSSR count). The molecule has 0 spiro atoms. The van der Waals surface area contributed by atoms with Crippen molar-refractivity contribution < 1.29 is 87.5 Å². The fourth-order valence-electron chi connectivity index (χ4n) is 1.72. The van der Waals surface area contributed by atoms with E-state index in [0.29, 0.717) is 0 Å². The molecule has 0 aliphatic rings. The van der Waals surface area contributed by atoms with Gasteiger partial charge in [0.15, 0.2) is 0 Å². The number of rotatable bonds is 8. The van der Waals surface area contributed by atoms with Crippen molar-refractivity contribution in [3.05, 3.63) is 59.7 Å². The van der Waals surface area contributed by atoms with E-state index in [9.17, 15) is 29.4 Å². The second-order valence-corrected chi connectivity index (χ2v) is 4.99. The molecular formula is C18H26NiO14+4. The minimum absolute atomic E-state index is 0. The minimum Gasteiger partial charge on any atom is -0.546 e. The molecule has 15 heteroatoms. The van der Waals surface area contributed by atoms with E-state index in [1.165, 1.54) is 48.5 Å². The Bertz CT molecular complexity index is 799. The molecule has 0 bridgehead atoms. The summed E-state index contributed by atoms with van der Waals surface area (Å²) in [5.41, 5.74) is 0.0849. The van der Waals surface area contributed by atoms with Crippen LogP contribution in [0.15, 0.2) is 48.5 Å². The van der Waals surface area contributed by atoms with Gasteiger partial charge >= 0.3 is 28.4 Å². The first kappa shape index (κ1) is 39.7. The molecule has 14 N–H and O–H groups in total. The summed E-state index contributed by atoms with van der Waals surface area (Å²) in [6, 6.07) is 11.1. The third kappa shape index (κ3) is 16.6. The Labute approximate surface area is 196 Å². The Morgan fingerprint density at radius 1 is 0.667 bits per heavy atom. The predicted molar refractivity (Wildman–Crippen MR) is 107 cm³/mol. The van der Waals surface area contributed by atoms with Crippen molar-refractivity contribution in [1.82, 2.24) is 0 Å². The average Bonchev–Trinajstić information content (AvgIpc) is 2.65. The Morgan fingerprint density at radius 3 is 1.21 bits per heavy atom. The number of aliphatic carboxylic acids is 2. The standard InChI is InChI=1S/2C9H8O5.Ni.4H2O/c2*10-8(11)5-14-7-3-1-2-6(4-7)9(12)13;;;;;/h2*1-4H,5H2,(H,10,11)(H,12,13);;4*1H2/q;;+2;;;;/p+2. The van der Waals surface area contributed by atoms with Crippen LogP contribution in [0.2, 0.25) is 0 Å². The number of aromatic carboxylic acids is 2. The summed E-state index contributed by atoms with van der Waals surface area (Å²) in [7, 11) is 0. The van der Waals surface area contributed by atoms with E-state index >= 15 is 0 Å². The quantitative estimate of drug-likeness (QED) is 0.245. The maximum Gasteiger partial charge on any atom is 2.00 e. The molecule has 0 aliphatic heterocycles. The van der Waals surface area contributed by atoms with Crippen molar-refractivity contribution in [1.29, 1.82) is 0 Å². The van der Waals surface area contributed by atoms with E-state index < -0.39 is 37.1 Å². The summed E-state index contributed by atoms with van der Waals surface area (Å²) < 4.78 is 9.47. The second kappa shape index (κ2) is 20.2. The third-order valence-corrected chi connectivity index (χ3v) is 2.88. The van der Waals surface area contributed by atoms with Gasteiger partial charge in [-0.05, 0) is 36.4 Å². The summed E-state index contributed by atoms with van der Waals surface area (Å²) in [5, 5.41) is 37.3. The van der Waals surface area contributed by atoms with Crippen LogP contribution in [0, 0.1) is 0 Å². The van der Waals surface area contributed by atoms with Gasteiger partial charge in [0, 0.05) is 0 Å². The van der Waals surface area contributed by atoms with Crippen molar-refractivity contribution in [3.63, 3.8) is 0 Å². The van der Waals surface area contributed by atoms with Gasteiger partial charge in [-0.3, -0.25) is 0 Å². The van der Waals surface area contributed by atoms with Gasteiger partial charge in [0.25, 0.3) is 0 Å². The zero-order chi connectivity index (χ0) is 21.1. The maximum atomic E-state index is 10.5. The minimum atomic E-state index is -1.36. The van der Waals surface area contributed by atoms with Gasteiger partial charge in [-0.15, -0.1) is 0 Å². The predicted octanol–water partition coefficient (Wildman–Crippen LogP) is -4.66. The Balaban J connectivity index is -0.000000138. The number of hydrogen-bond acceptors (Lipinski definition) is 8. The molecule has 0 heterocycles. The third-order valence-electron chi connectivity index (χ3n) is 2.88. The number of carboxylic acids is 4. The van der Waals surface area contributed by atoms with E-state index in [1.54, 1.807) is 0 Å². The SMILES string of the molecule is O=C([O-])COc1cccc(C(=O)O)c1.O=C([O-])COc1cccc(C(=O)O)c1.[Ni+2].[OH3+].[OH3+].[OH3+].[OH3+]. The van der Waals surface area contributed by atoms with Gasteiger partial charge in [-0.25, -0.2) is 9.59 Å². The molecule has 2 aromatic carbocycles. The van der Waals surface area contributed by atoms with Crippen LogP contribution in [-0.2, 0) is 48.0 Å². The fourth-order valence-corrected chi connectivity index (χ4v) is 1.72. The van der Waals surface area contributed by atoms with E-state index in [0.717, 1.165) is 0 Å². The van der Waals surface area contributed by atoms with E-state index in [4.69, 9.17) is 19.7 Å². The summed E-state index contributed by atoms with van der Waals surface area (Å²) in [6.07, 6.45) is 0. The van der Waals surface area contributed by atoms with Crippen LogP contribution in [0.5, 0.6) is 11.5 Å². The van der Waals surface area contributed by atoms with Crippen LogP contribution in [0.25, 0.3) is 0 Å². The smallest absolute Gasteiger partial charge is 0.546 e. The van der Waals surface area contributed by atoms with Crippen LogP contribution < -0.4 is 19.7 Å². The summed E-state index contributed by atoms with van der Waals surface area (Å²) >= 11 is 0. The molecule has 0 aliphatic carbocycles. The molecule has 2 aromatic rings. The molecule has 0 amide bonds. The average molecular weight is 525 g/mol. The zero-order valence-electron chi connectivity index (χ0n) is 16.8. The van der Waals surface area contributed by atoms with E-state index in [2.05, 4.69) is 0 Å². The molecule has 0 aromatic heterocycles. The first-order valence-electron chi connectivity index (χ1n) is 7.51. The van der Waals surface area contributed by atoms with Gasteiger partial charge in [0.05, 0.1) is 23.1 Å². The molecule has 188 valence electrons. The Morgan fingerprint density at radius 2 is 0.970 bits per heavy atom. The van der Waals surface area contributed by atoms with E-state index in [-0.39, 0.29) is 61.0 Å². The molecule has 0 saturated heterocycles. The van der Waals surface area contributed by atoms with Crippen molar-refractivity contribution in [2.24, 2.45) is 0 Å². The van der Waals surface area contributed by atoms with Gasteiger partial charge in [0.1, 0.15) is 24.7 Å². The Hall–Kier alpha value is -3.75. The molecule has 0 atom stereocenters. The molecule has 0 unspecified atom stereocenters. The summed E-state index contributed by atoms with van der Waals surface area (Å²) in [4.78, 5) is 41.1. The number of carboxylic acid groups (broad SMARTS) is 4. The van der Waals surface area contributed by atoms with Gasteiger partial charge in [0.2, 0.25) is 0 Å². The van der Waals surface area contributed by atoms with Crippen LogP contribution in [-0.4, -0.2) is 47.3 Å². The number of carbonyl (C=O) groups excluding carboxylic acids is 2. The number of hydrogen-bond donors (Lipinski definition) is 2. The first-order chi connectivity index (χ1) is 13.2. The van der Waals surface area contributed by atoms with Gasteiger partial charge < -0.3 is 61.4 Å². The van der Waals surface area contributed by atoms with Crippen LogP contribution in [0.4, 0.5) is 0 Å². The Kier molecular flexibility index (Phi) is 24.3. The molecule has 0 fully saturated rings. The van der Waals surface area contributed by atoms with Crippen molar-refractivity contribution in [3.8, 4) is 11.5 Å². The monoisotopic (exact) mass is 524 g/mol. The van der Waals surface area contributed by atoms with Crippen LogP contribution >= 0.6 is 0 Å². The van der Waals surface area contributed by atoms with E-state index in [1.807, 2.05) is 0 Å². The molecule has 14 nitrogen and oxygen atoms in total. The molecular weight excluding hydrogens is 499 g/mol. The number of carbonyl (C=O) groups is 4. The maximum absolute atomic E-state index is 10.5. The number of ether oxygens (including phenoxy) is 2. The van der Waals surface area contributed by atoms with Gasteiger partial charge in [-0.1, -0.05) is 12.1 Å². The van der Waals surface area contributed by atoms with Crippen molar-refractivity contribution in [2.45, 2.75) is 0 Å². The van der Waals surface area contributed by atoms with Crippen molar-refractivity contribution in [2.75, 3.05) is 13.2 Å². The van der Waals surface area contributed by atoms with Crippen molar-refractivity contribution >= 4 is 23.9 Å². The fraction of sp³-hybridized carbons (Fsp3) is 0.111. The zero-order valence-corrected chi connectivity index (χ0v) is 17.8. The van der Waals surface area contributed by atoms with Gasteiger partial charge in [-0.2, -0.15) is 0 Å². The first-order valence-corrected chi connectivity index (χ1v) is 7.51. The van der Waals surface area contributed by atoms with Crippen LogP contribution in [0.1, 0.15) is 20.7 Å². The topological polar surface area (TPSA) is 305 Å². The second-order valence-electron chi connectivity index (χ2n) is 4.99. The van der Waals surface area contributed by atoms with Crippen LogP contribution in [0.3, 0.4) is 0 Å². The molecule has 33 heavy (non-hydrogen) atoms. The summed E-state index contributed by atoms with van der Waals surface area (Å²) in [5.74, 6) is -4.52. The largest absolute Gasteiger partial charge is 2.00 e. The normalized spacial score (nSPS) is 8.00. The molecule has 0 saturated carbocycles.